The van der Waals surface area contributed by atoms with Gasteiger partial charge in [-0.3, -0.25) is 0 Å². The maximum atomic E-state index is 5.19. The molecule has 0 saturated heterocycles. The van der Waals surface area contributed by atoms with E-state index < -0.39 is 0 Å². The smallest absolute Gasteiger partial charge is 0.265 e. The number of anilines is 1. The SMILES string of the molecule is CN(C)c1noc(CNC2CCCC2(C)C)n1. The van der Waals surface area contributed by atoms with Crippen LogP contribution in [0.2, 0.25) is 0 Å². The number of nitrogens with zero attached hydrogens (tertiary/aromatic N) is 3. The third-order valence-corrected chi connectivity index (χ3v) is 3.61. The van der Waals surface area contributed by atoms with Gasteiger partial charge in [0.15, 0.2) is 0 Å². The van der Waals surface area contributed by atoms with E-state index in [1.54, 1.807) is 0 Å². The van der Waals surface area contributed by atoms with Crippen LogP contribution in [0.25, 0.3) is 0 Å². The minimum Gasteiger partial charge on any atom is -0.344 e. The molecule has 1 aromatic rings. The van der Waals surface area contributed by atoms with E-state index in [0.717, 1.165) is 0 Å². The van der Waals surface area contributed by atoms with Gasteiger partial charge < -0.3 is 14.7 Å². The van der Waals surface area contributed by atoms with Crippen LogP contribution < -0.4 is 10.2 Å². The first kappa shape index (κ1) is 12.4. The van der Waals surface area contributed by atoms with Crippen molar-refractivity contribution in [3.63, 3.8) is 0 Å². The van der Waals surface area contributed by atoms with E-state index in [9.17, 15) is 0 Å². The molecular weight excluding hydrogens is 216 g/mol. The minimum absolute atomic E-state index is 0.379. The highest BCUT2D eigenvalue weighted by molar-refractivity contribution is 5.23. The lowest BCUT2D eigenvalue weighted by molar-refractivity contribution is 0.268. The Morgan fingerprint density at radius 1 is 1.47 bits per heavy atom. The maximum Gasteiger partial charge on any atom is 0.265 e. The van der Waals surface area contributed by atoms with Crippen LogP contribution in [0, 0.1) is 5.41 Å². The van der Waals surface area contributed by atoms with Gasteiger partial charge >= 0.3 is 0 Å². The second-order valence-corrected chi connectivity index (χ2v) is 5.70. The molecule has 1 saturated carbocycles. The first-order valence-electron chi connectivity index (χ1n) is 6.22. The van der Waals surface area contributed by atoms with E-state index in [1.807, 2.05) is 19.0 Å². The summed E-state index contributed by atoms with van der Waals surface area (Å²) in [4.78, 5) is 6.14. The second-order valence-electron chi connectivity index (χ2n) is 5.70. The summed E-state index contributed by atoms with van der Waals surface area (Å²) >= 11 is 0. The van der Waals surface area contributed by atoms with Crippen molar-refractivity contribution in [3.8, 4) is 0 Å². The van der Waals surface area contributed by atoms with Crippen LogP contribution in [0.1, 0.15) is 39.0 Å². The van der Waals surface area contributed by atoms with Crippen molar-refractivity contribution < 1.29 is 4.52 Å². The van der Waals surface area contributed by atoms with E-state index in [-0.39, 0.29) is 0 Å². The summed E-state index contributed by atoms with van der Waals surface area (Å²) in [7, 11) is 3.81. The van der Waals surface area contributed by atoms with Gasteiger partial charge in [-0.25, -0.2) is 0 Å². The highest BCUT2D eigenvalue weighted by Crippen LogP contribution is 2.37. The fraction of sp³-hybridized carbons (Fsp3) is 0.833. The van der Waals surface area contributed by atoms with Crippen LogP contribution in [0.4, 0.5) is 5.95 Å². The molecule has 96 valence electrons. The lowest BCUT2D eigenvalue weighted by atomic mass is 9.87. The molecule has 0 spiro atoms. The van der Waals surface area contributed by atoms with Crippen LogP contribution >= 0.6 is 0 Å². The molecule has 1 aliphatic rings. The third-order valence-electron chi connectivity index (χ3n) is 3.61. The van der Waals surface area contributed by atoms with Gasteiger partial charge in [-0.15, -0.1) is 0 Å². The number of hydrogen-bond donors (Lipinski definition) is 1. The Kier molecular flexibility index (Phi) is 3.38. The minimum atomic E-state index is 0.379. The zero-order chi connectivity index (χ0) is 12.5. The summed E-state index contributed by atoms with van der Waals surface area (Å²) in [5, 5.41) is 7.42. The molecule has 1 aliphatic carbocycles. The predicted molar refractivity (Wildman–Crippen MR) is 66.9 cm³/mol. The lowest BCUT2D eigenvalue weighted by Gasteiger charge is -2.27. The number of aromatic nitrogens is 2. The van der Waals surface area contributed by atoms with Crippen LogP contribution in [0.3, 0.4) is 0 Å². The zero-order valence-corrected chi connectivity index (χ0v) is 11.2. The molecule has 2 rings (SSSR count). The van der Waals surface area contributed by atoms with E-state index in [0.29, 0.717) is 29.8 Å². The predicted octanol–water partition coefficient (Wildman–Crippen LogP) is 1.80. The highest BCUT2D eigenvalue weighted by Gasteiger charge is 2.34. The summed E-state index contributed by atoms with van der Waals surface area (Å²) < 4.78 is 5.19. The fourth-order valence-corrected chi connectivity index (χ4v) is 2.41. The van der Waals surface area contributed by atoms with Gasteiger partial charge in [0.1, 0.15) is 0 Å². The van der Waals surface area contributed by atoms with Crippen LogP contribution in [-0.4, -0.2) is 30.3 Å². The first-order valence-corrected chi connectivity index (χ1v) is 6.22. The van der Waals surface area contributed by atoms with Crippen LogP contribution in [0.5, 0.6) is 0 Å². The van der Waals surface area contributed by atoms with Crippen molar-refractivity contribution in [2.45, 2.75) is 45.7 Å². The molecular formula is C12H22N4O. The maximum absolute atomic E-state index is 5.19. The molecule has 1 heterocycles. The normalized spacial score (nSPS) is 22.9. The molecule has 0 aliphatic heterocycles. The average molecular weight is 238 g/mol. The second kappa shape index (κ2) is 4.64. The topological polar surface area (TPSA) is 54.2 Å². The van der Waals surface area contributed by atoms with Crippen LogP contribution in [-0.2, 0) is 6.54 Å². The zero-order valence-electron chi connectivity index (χ0n) is 11.2. The molecule has 0 radical (unpaired) electrons. The molecule has 17 heavy (non-hydrogen) atoms. The monoisotopic (exact) mass is 238 g/mol. The van der Waals surface area contributed by atoms with Crippen molar-refractivity contribution in [2.24, 2.45) is 5.41 Å². The summed E-state index contributed by atoms with van der Waals surface area (Å²) in [5.41, 5.74) is 0.379. The number of hydrogen-bond acceptors (Lipinski definition) is 5. The van der Waals surface area contributed by atoms with Gasteiger partial charge in [0.2, 0.25) is 5.89 Å². The molecule has 1 unspecified atom stereocenters. The lowest BCUT2D eigenvalue weighted by Crippen LogP contribution is -2.37. The van der Waals surface area contributed by atoms with Crippen molar-refractivity contribution in [1.29, 1.82) is 0 Å². The summed E-state index contributed by atoms with van der Waals surface area (Å²) in [5.74, 6) is 1.30. The van der Waals surface area contributed by atoms with E-state index in [1.165, 1.54) is 19.3 Å². The highest BCUT2D eigenvalue weighted by atomic mass is 16.5. The summed E-state index contributed by atoms with van der Waals surface area (Å²) in [6.45, 7) is 5.29. The first-order chi connectivity index (χ1) is 7.99. The molecule has 1 aromatic heterocycles. The Hall–Kier alpha value is -1.10. The summed E-state index contributed by atoms with van der Waals surface area (Å²) in [6, 6.07) is 0.553. The quantitative estimate of drug-likeness (QED) is 0.867. The molecule has 5 heteroatoms. The van der Waals surface area contributed by atoms with Crippen molar-refractivity contribution in [3.05, 3.63) is 5.89 Å². The number of nitrogens with one attached hydrogen (secondary N) is 1. The third kappa shape index (κ3) is 2.77. The van der Waals surface area contributed by atoms with Crippen LogP contribution in [0.15, 0.2) is 4.52 Å². The molecule has 0 amide bonds. The molecule has 1 N–H and O–H groups in total. The van der Waals surface area contributed by atoms with Gasteiger partial charge in [-0.05, 0) is 23.4 Å². The Bertz CT molecular complexity index is 372. The molecule has 1 atom stereocenters. The summed E-state index contributed by atoms with van der Waals surface area (Å²) in [6.07, 6.45) is 3.83. The fourth-order valence-electron chi connectivity index (χ4n) is 2.41. The van der Waals surface area contributed by atoms with Crippen molar-refractivity contribution >= 4 is 5.95 Å². The Balaban J connectivity index is 1.89. The van der Waals surface area contributed by atoms with E-state index >= 15 is 0 Å². The largest absolute Gasteiger partial charge is 0.344 e. The van der Waals surface area contributed by atoms with E-state index in [2.05, 4.69) is 29.3 Å². The Morgan fingerprint density at radius 3 is 2.76 bits per heavy atom. The molecule has 1 fully saturated rings. The van der Waals surface area contributed by atoms with Gasteiger partial charge in [0.25, 0.3) is 5.95 Å². The van der Waals surface area contributed by atoms with Gasteiger partial charge in [-0.2, -0.15) is 4.98 Å². The van der Waals surface area contributed by atoms with Crippen molar-refractivity contribution in [1.82, 2.24) is 15.5 Å². The van der Waals surface area contributed by atoms with Gasteiger partial charge in [-0.1, -0.05) is 20.3 Å². The van der Waals surface area contributed by atoms with Gasteiger partial charge in [0, 0.05) is 20.1 Å². The van der Waals surface area contributed by atoms with E-state index in [4.69, 9.17) is 4.52 Å². The van der Waals surface area contributed by atoms with Crippen molar-refractivity contribution in [2.75, 3.05) is 19.0 Å². The standard InChI is InChI=1S/C12H22N4O/c1-12(2)7-5-6-9(12)13-8-10-14-11(15-17-10)16(3)4/h9,13H,5-8H2,1-4H3. The Labute approximate surface area is 103 Å². The molecule has 5 nitrogen and oxygen atoms in total. The molecule has 0 bridgehead atoms. The Morgan fingerprint density at radius 2 is 2.24 bits per heavy atom. The number of rotatable bonds is 4. The van der Waals surface area contributed by atoms with Gasteiger partial charge in [0.05, 0.1) is 6.54 Å². The average Bonchev–Trinajstić information content (AvgIpc) is 2.81. The molecule has 0 aromatic carbocycles.